The van der Waals surface area contributed by atoms with Crippen molar-refractivity contribution < 1.29 is 64.5 Å². The topological polar surface area (TPSA) is 208 Å². The number of aliphatic hydroxyl groups is 8. The monoisotopic (exact) mass is 456 g/mol. The predicted molar refractivity (Wildman–Crippen MR) is 97.1 cm³/mol. The standard InChI is InChI=1S/C18H32O13/c1-6-11(22)13(24)15(26)17(27-6)31-16-14(25)12(23)9(5-20)30-18(16)29-7-2-3-10(21)28-8(7)4-19/h6-26H,2-5H2,1H3/t6-,7-,8+,9+,10?,11+,12-,13+,14-,15-,16+,17-,18+/m0/s1. The van der Waals surface area contributed by atoms with Crippen LogP contribution in [0.3, 0.4) is 0 Å². The first-order valence-electron chi connectivity index (χ1n) is 10.2. The summed E-state index contributed by atoms with van der Waals surface area (Å²) in [4.78, 5) is 0. The van der Waals surface area contributed by atoms with Gasteiger partial charge in [0.15, 0.2) is 18.9 Å². The first-order chi connectivity index (χ1) is 14.7. The van der Waals surface area contributed by atoms with Crippen molar-refractivity contribution in [3.8, 4) is 0 Å². The van der Waals surface area contributed by atoms with Crippen molar-refractivity contribution in [1.29, 1.82) is 0 Å². The Kier molecular flexibility index (Phi) is 8.59. The highest BCUT2D eigenvalue weighted by Gasteiger charge is 2.51. The molecule has 182 valence electrons. The Hall–Kier alpha value is -0.520. The van der Waals surface area contributed by atoms with Crippen LogP contribution in [0.5, 0.6) is 0 Å². The minimum Gasteiger partial charge on any atom is -0.394 e. The van der Waals surface area contributed by atoms with Crippen molar-refractivity contribution in [1.82, 2.24) is 0 Å². The van der Waals surface area contributed by atoms with E-state index < -0.39 is 93.1 Å². The van der Waals surface area contributed by atoms with Crippen LogP contribution < -0.4 is 0 Å². The average molecular weight is 456 g/mol. The summed E-state index contributed by atoms with van der Waals surface area (Å²) < 4.78 is 27.6. The number of hydrogen-bond acceptors (Lipinski definition) is 13. The van der Waals surface area contributed by atoms with Crippen molar-refractivity contribution in [3.05, 3.63) is 0 Å². The average Bonchev–Trinajstić information content (AvgIpc) is 2.76. The number of rotatable bonds is 6. The van der Waals surface area contributed by atoms with E-state index in [-0.39, 0.29) is 12.8 Å². The number of ether oxygens (including phenoxy) is 5. The highest BCUT2D eigenvalue weighted by molar-refractivity contribution is 4.94. The van der Waals surface area contributed by atoms with Crippen LogP contribution in [-0.2, 0) is 23.7 Å². The zero-order chi connectivity index (χ0) is 22.9. The molecule has 0 bridgehead atoms. The third-order valence-electron chi connectivity index (χ3n) is 5.86. The fraction of sp³-hybridized carbons (Fsp3) is 1.00. The molecule has 3 aliphatic rings. The summed E-state index contributed by atoms with van der Waals surface area (Å²) in [7, 11) is 0. The van der Waals surface area contributed by atoms with Crippen molar-refractivity contribution in [2.24, 2.45) is 0 Å². The molecule has 0 aromatic carbocycles. The lowest BCUT2D eigenvalue weighted by molar-refractivity contribution is -0.376. The fourth-order valence-corrected chi connectivity index (χ4v) is 3.93. The lowest BCUT2D eigenvalue weighted by Gasteiger charge is -2.47. The van der Waals surface area contributed by atoms with Crippen molar-refractivity contribution in [3.63, 3.8) is 0 Å². The molecule has 13 atom stereocenters. The van der Waals surface area contributed by atoms with Crippen LogP contribution in [0.15, 0.2) is 0 Å². The Morgan fingerprint density at radius 2 is 1.35 bits per heavy atom. The lowest BCUT2D eigenvalue weighted by atomic mass is 9.97. The molecule has 0 aromatic rings. The molecule has 0 spiro atoms. The highest BCUT2D eigenvalue weighted by atomic mass is 16.8. The second kappa shape index (κ2) is 10.6. The summed E-state index contributed by atoms with van der Waals surface area (Å²) in [5.74, 6) is 0. The van der Waals surface area contributed by atoms with Gasteiger partial charge in [-0.1, -0.05) is 0 Å². The third kappa shape index (κ3) is 5.35. The van der Waals surface area contributed by atoms with Crippen LogP contribution in [0.4, 0.5) is 0 Å². The maximum absolute atomic E-state index is 10.6. The molecular formula is C18H32O13. The van der Waals surface area contributed by atoms with Crippen LogP contribution in [-0.4, -0.2) is 134 Å². The Morgan fingerprint density at radius 1 is 0.677 bits per heavy atom. The third-order valence-corrected chi connectivity index (χ3v) is 5.86. The maximum atomic E-state index is 10.6. The summed E-state index contributed by atoms with van der Waals surface area (Å²) in [5.41, 5.74) is 0. The molecule has 3 rings (SSSR count). The highest BCUT2D eigenvalue weighted by Crippen LogP contribution is 2.32. The Balaban J connectivity index is 1.77. The van der Waals surface area contributed by atoms with Crippen LogP contribution in [0.1, 0.15) is 19.8 Å². The molecule has 0 radical (unpaired) electrons. The smallest absolute Gasteiger partial charge is 0.187 e. The van der Waals surface area contributed by atoms with Gasteiger partial charge in [0.2, 0.25) is 0 Å². The minimum absolute atomic E-state index is 0.208. The van der Waals surface area contributed by atoms with E-state index in [1.807, 2.05) is 0 Å². The zero-order valence-electron chi connectivity index (χ0n) is 17.0. The van der Waals surface area contributed by atoms with E-state index in [0.717, 1.165) is 0 Å². The van der Waals surface area contributed by atoms with Crippen LogP contribution in [0, 0.1) is 0 Å². The van der Waals surface area contributed by atoms with E-state index in [0.29, 0.717) is 0 Å². The molecule has 0 amide bonds. The van der Waals surface area contributed by atoms with Gasteiger partial charge in [-0.05, 0) is 13.3 Å². The van der Waals surface area contributed by atoms with Gasteiger partial charge in [-0.2, -0.15) is 0 Å². The number of hydrogen-bond donors (Lipinski definition) is 8. The molecule has 3 fully saturated rings. The van der Waals surface area contributed by atoms with Gasteiger partial charge in [-0.3, -0.25) is 0 Å². The second-order valence-corrected chi connectivity index (χ2v) is 8.05. The lowest BCUT2D eigenvalue weighted by Crippen LogP contribution is -2.64. The van der Waals surface area contributed by atoms with Gasteiger partial charge in [0.1, 0.15) is 48.8 Å². The SMILES string of the molecule is C[C@@H]1O[C@@H](O[C@H]2[C@H](O[C@H]3CCC(O)O[C@@H]3CO)O[C@H](CO)[C@H](O)[C@@H]2O)[C@@H](O)[C@H](O)[C@@H]1O. The zero-order valence-corrected chi connectivity index (χ0v) is 17.0. The summed E-state index contributed by atoms with van der Waals surface area (Å²) in [6.07, 6.45) is -16.6. The minimum atomic E-state index is -1.68. The second-order valence-electron chi connectivity index (χ2n) is 8.05. The summed E-state index contributed by atoms with van der Waals surface area (Å²) >= 11 is 0. The molecular weight excluding hydrogens is 424 g/mol. The van der Waals surface area contributed by atoms with Gasteiger partial charge in [0, 0.05) is 6.42 Å². The molecule has 3 saturated heterocycles. The molecule has 8 N–H and O–H groups in total. The predicted octanol–water partition coefficient (Wildman–Crippen LogP) is -4.49. The molecule has 31 heavy (non-hydrogen) atoms. The largest absolute Gasteiger partial charge is 0.394 e. The Morgan fingerprint density at radius 3 is 2.00 bits per heavy atom. The Bertz CT molecular complexity index is 567. The number of aliphatic hydroxyl groups excluding tert-OH is 8. The molecule has 0 aliphatic carbocycles. The van der Waals surface area contributed by atoms with Gasteiger partial charge >= 0.3 is 0 Å². The van der Waals surface area contributed by atoms with Crippen LogP contribution in [0.25, 0.3) is 0 Å². The first kappa shape index (κ1) is 25.1. The molecule has 1 unspecified atom stereocenters. The molecule has 13 heteroatoms. The Labute approximate surface area is 178 Å². The van der Waals surface area contributed by atoms with Gasteiger partial charge in [0.25, 0.3) is 0 Å². The van der Waals surface area contributed by atoms with E-state index in [4.69, 9.17) is 23.7 Å². The van der Waals surface area contributed by atoms with Crippen molar-refractivity contribution in [2.75, 3.05) is 13.2 Å². The van der Waals surface area contributed by atoms with E-state index >= 15 is 0 Å². The normalized spacial score (nSPS) is 51.6. The van der Waals surface area contributed by atoms with E-state index in [1.54, 1.807) is 0 Å². The van der Waals surface area contributed by atoms with Crippen molar-refractivity contribution in [2.45, 2.75) is 99.7 Å². The first-order valence-corrected chi connectivity index (χ1v) is 10.2. The van der Waals surface area contributed by atoms with E-state index in [9.17, 15) is 40.9 Å². The quantitative estimate of drug-likeness (QED) is 0.190. The molecule has 3 aliphatic heterocycles. The molecule has 13 nitrogen and oxygen atoms in total. The molecule has 0 aromatic heterocycles. The van der Waals surface area contributed by atoms with Gasteiger partial charge in [-0.25, -0.2) is 0 Å². The summed E-state index contributed by atoms with van der Waals surface area (Å²) in [6.45, 7) is 0.338. The molecule has 0 saturated carbocycles. The van der Waals surface area contributed by atoms with Crippen LogP contribution in [0.2, 0.25) is 0 Å². The van der Waals surface area contributed by atoms with E-state index in [1.165, 1.54) is 6.92 Å². The van der Waals surface area contributed by atoms with E-state index in [2.05, 4.69) is 0 Å². The van der Waals surface area contributed by atoms with Gasteiger partial charge in [0.05, 0.1) is 25.4 Å². The summed E-state index contributed by atoms with van der Waals surface area (Å²) in [6, 6.07) is 0. The molecule has 3 heterocycles. The van der Waals surface area contributed by atoms with Gasteiger partial charge in [-0.15, -0.1) is 0 Å². The van der Waals surface area contributed by atoms with Crippen molar-refractivity contribution >= 4 is 0 Å². The van der Waals surface area contributed by atoms with Gasteiger partial charge < -0.3 is 64.5 Å². The summed E-state index contributed by atoms with van der Waals surface area (Å²) in [5, 5.41) is 79.5. The fourth-order valence-electron chi connectivity index (χ4n) is 3.93. The maximum Gasteiger partial charge on any atom is 0.187 e. The van der Waals surface area contributed by atoms with Crippen LogP contribution >= 0.6 is 0 Å².